The van der Waals surface area contributed by atoms with Gasteiger partial charge in [-0.15, -0.1) is 0 Å². The Balaban J connectivity index is 1.65. The summed E-state index contributed by atoms with van der Waals surface area (Å²) in [5.74, 6) is 0.0412. The van der Waals surface area contributed by atoms with E-state index in [1.807, 2.05) is 0 Å². The minimum Gasteiger partial charge on any atom is -0.435 e. The fourth-order valence-electron chi connectivity index (χ4n) is 2.63. The van der Waals surface area contributed by atoms with Gasteiger partial charge in [-0.05, 0) is 23.8 Å². The molecule has 0 radical (unpaired) electrons. The number of morpholine rings is 1. The molecule has 2 heterocycles. The van der Waals surface area contributed by atoms with Gasteiger partial charge in [-0.2, -0.15) is 13.9 Å². The number of hydrogen-bond donors (Lipinski definition) is 1. The van der Waals surface area contributed by atoms with Crippen molar-refractivity contribution in [2.45, 2.75) is 19.1 Å². The second-order valence-electron chi connectivity index (χ2n) is 5.41. The van der Waals surface area contributed by atoms with Crippen LogP contribution in [0.4, 0.5) is 8.78 Å². The molecule has 1 aliphatic rings. The zero-order valence-corrected chi connectivity index (χ0v) is 12.8. The van der Waals surface area contributed by atoms with Crippen LogP contribution in [0.5, 0.6) is 5.75 Å². The SMILES string of the molecule is O=C(Cc1ccn[nH]1)N1CCO[C@H](c2cccc(OC(F)F)c2)C1. The highest BCUT2D eigenvalue weighted by molar-refractivity contribution is 5.78. The number of hydrogen-bond acceptors (Lipinski definition) is 4. The summed E-state index contributed by atoms with van der Waals surface area (Å²) in [7, 11) is 0. The van der Waals surface area contributed by atoms with Crippen molar-refractivity contribution in [3.8, 4) is 5.75 Å². The van der Waals surface area contributed by atoms with E-state index in [0.29, 0.717) is 25.3 Å². The number of halogens is 2. The zero-order valence-electron chi connectivity index (χ0n) is 12.8. The van der Waals surface area contributed by atoms with Crippen LogP contribution in [0.15, 0.2) is 36.5 Å². The number of amides is 1. The molecule has 1 aromatic carbocycles. The highest BCUT2D eigenvalue weighted by Crippen LogP contribution is 2.26. The number of nitrogens with one attached hydrogen (secondary N) is 1. The minimum absolute atomic E-state index is 0.0347. The van der Waals surface area contributed by atoms with E-state index in [2.05, 4.69) is 14.9 Å². The molecule has 1 saturated heterocycles. The van der Waals surface area contributed by atoms with E-state index in [4.69, 9.17) is 4.74 Å². The molecule has 2 aromatic rings. The predicted molar refractivity (Wildman–Crippen MR) is 80.6 cm³/mol. The predicted octanol–water partition coefficient (Wildman–Crippen LogP) is 2.15. The van der Waals surface area contributed by atoms with Crippen molar-refractivity contribution >= 4 is 5.91 Å². The standard InChI is InChI=1S/C16H17F2N3O3/c17-16(18)24-13-3-1-2-11(8-13)14-10-21(6-7-23-14)15(22)9-12-4-5-19-20-12/h1-5,8,14,16H,6-7,9-10H2,(H,19,20)/t14-/m0/s1. The molecule has 0 spiro atoms. The average molecular weight is 337 g/mol. The highest BCUT2D eigenvalue weighted by Gasteiger charge is 2.26. The summed E-state index contributed by atoms with van der Waals surface area (Å²) in [5.41, 5.74) is 1.45. The third-order valence-electron chi connectivity index (χ3n) is 3.77. The van der Waals surface area contributed by atoms with Crippen molar-refractivity contribution < 1.29 is 23.0 Å². The number of carbonyl (C=O) groups is 1. The Hall–Kier alpha value is -2.48. The second kappa shape index (κ2) is 7.39. The van der Waals surface area contributed by atoms with Gasteiger partial charge in [-0.25, -0.2) is 0 Å². The van der Waals surface area contributed by atoms with E-state index in [9.17, 15) is 13.6 Å². The lowest BCUT2D eigenvalue weighted by Crippen LogP contribution is -2.43. The maximum atomic E-state index is 12.4. The molecule has 0 saturated carbocycles. The van der Waals surface area contributed by atoms with Gasteiger partial charge in [0.15, 0.2) is 0 Å². The van der Waals surface area contributed by atoms with Crippen LogP contribution in [0, 0.1) is 0 Å². The number of carbonyl (C=O) groups excluding carboxylic acids is 1. The fraction of sp³-hybridized carbons (Fsp3) is 0.375. The number of aromatic amines is 1. The molecular weight excluding hydrogens is 320 g/mol. The Morgan fingerprint density at radius 1 is 1.46 bits per heavy atom. The minimum atomic E-state index is -2.87. The summed E-state index contributed by atoms with van der Waals surface area (Å²) in [4.78, 5) is 14.1. The molecule has 1 aliphatic heterocycles. The van der Waals surface area contributed by atoms with Crippen molar-refractivity contribution in [1.29, 1.82) is 0 Å². The van der Waals surface area contributed by atoms with Crippen LogP contribution >= 0.6 is 0 Å². The number of H-pyrrole nitrogens is 1. The monoisotopic (exact) mass is 337 g/mol. The summed E-state index contributed by atoms with van der Waals surface area (Å²) < 4.78 is 34.7. The van der Waals surface area contributed by atoms with Crippen LogP contribution in [0.25, 0.3) is 0 Å². The lowest BCUT2D eigenvalue weighted by atomic mass is 10.1. The Bertz CT molecular complexity index is 679. The number of rotatable bonds is 5. The molecule has 1 aromatic heterocycles. The van der Waals surface area contributed by atoms with Crippen molar-refractivity contribution in [2.24, 2.45) is 0 Å². The topological polar surface area (TPSA) is 67.5 Å². The van der Waals surface area contributed by atoms with E-state index in [1.165, 1.54) is 12.1 Å². The van der Waals surface area contributed by atoms with Gasteiger partial charge in [0.25, 0.3) is 0 Å². The molecule has 24 heavy (non-hydrogen) atoms. The number of aromatic nitrogens is 2. The molecule has 1 amide bonds. The van der Waals surface area contributed by atoms with E-state index in [-0.39, 0.29) is 24.2 Å². The first-order valence-corrected chi connectivity index (χ1v) is 7.54. The van der Waals surface area contributed by atoms with Gasteiger partial charge in [0.05, 0.1) is 19.6 Å². The van der Waals surface area contributed by atoms with Crippen molar-refractivity contribution in [2.75, 3.05) is 19.7 Å². The third-order valence-corrected chi connectivity index (χ3v) is 3.77. The van der Waals surface area contributed by atoms with Crippen LogP contribution in [0.1, 0.15) is 17.4 Å². The number of benzene rings is 1. The zero-order chi connectivity index (χ0) is 16.9. The largest absolute Gasteiger partial charge is 0.435 e. The normalized spacial score (nSPS) is 18.0. The molecule has 1 atom stereocenters. The van der Waals surface area contributed by atoms with Crippen LogP contribution < -0.4 is 4.74 Å². The Morgan fingerprint density at radius 3 is 3.08 bits per heavy atom. The van der Waals surface area contributed by atoms with E-state index < -0.39 is 6.61 Å². The molecular formula is C16H17F2N3O3. The average Bonchev–Trinajstić information content (AvgIpc) is 3.07. The number of nitrogens with zero attached hydrogens (tertiary/aromatic N) is 2. The molecule has 1 N–H and O–H groups in total. The highest BCUT2D eigenvalue weighted by atomic mass is 19.3. The van der Waals surface area contributed by atoms with Gasteiger partial charge in [0.2, 0.25) is 5.91 Å². The first kappa shape index (κ1) is 16.4. The van der Waals surface area contributed by atoms with E-state index in [1.54, 1.807) is 29.3 Å². The van der Waals surface area contributed by atoms with E-state index >= 15 is 0 Å². The summed E-state index contributed by atoms with van der Waals surface area (Å²) in [6.07, 6.45) is 1.46. The van der Waals surface area contributed by atoms with Gasteiger partial charge < -0.3 is 14.4 Å². The molecule has 8 heteroatoms. The van der Waals surface area contributed by atoms with Gasteiger partial charge in [0, 0.05) is 18.4 Å². The van der Waals surface area contributed by atoms with Crippen LogP contribution in [0.2, 0.25) is 0 Å². The Morgan fingerprint density at radius 2 is 2.33 bits per heavy atom. The molecule has 0 aliphatic carbocycles. The van der Waals surface area contributed by atoms with Gasteiger partial charge in [0.1, 0.15) is 11.9 Å². The van der Waals surface area contributed by atoms with Crippen molar-refractivity contribution in [3.63, 3.8) is 0 Å². The fourth-order valence-corrected chi connectivity index (χ4v) is 2.63. The first-order valence-electron chi connectivity index (χ1n) is 7.54. The summed E-state index contributed by atoms with van der Waals surface area (Å²) >= 11 is 0. The molecule has 1 fully saturated rings. The maximum absolute atomic E-state index is 12.4. The van der Waals surface area contributed by atoms with Crippen molar-refractivity contribution in [3.05, 3.63) is 47.8 Å². The van der Waals surface area contributed by atoms with Gasteiger partial charge >= 0.3 is 6.61 Å². The quantitative estimate of drug-likeness (QED) is 0.908. The third kappa shape index (κ3) is 4.08. The smallest absolute Gasteiger partial charge is 0.387 e. The van der Waals surface area contributed by atoms with Gasteiger partial charge in [-0.3, -0.25) is 9.89 Å². The maximum Gasteiger partial charge on any atom is 0.387 e. The van der Waals surface area contributed by atoms with Crippen molar-refractivity contribution in [1.82, 2.24) is 15.1 Å². The summed E-state index contributed by atoms with van der Waals surface area (Å²) in [6, 6.07) is 8.12. The first-order chi connectivity index (χ1) is 11.6. The second-order valence-corrected chi connectivity index (χ2v) is 5.41. The lowest BCUT2D eigenvalue weighted by molar-refractivity contribution is -0.138. The van der Waals surface area contributed by atoms with Gasteiger partial charge in [-0.1, -0.05) is 12.1 Å². The molecule has 0 bridgehead atoms. The van der Waals surface area contributed by atoms with Crippen LogP contribution in [-0.2, 0) is 16.0 Å². The lowest BCUT2D eigenvalue weighted by Gasteiger charge is -2.33. The molecule has 3 rings (SSSR count). The summed E-state index contributed by atoms with van der Waals surface area (Å²) in [6.45, 7) is -1.62. The van der Waals surface area contributed by atoms with Crippen LogP contribution in [-0.4, -0.2) is 47.3 Å². The Kier molecular flexibility index (Phi) is 5.05. The number of alkyl halides is 2. The number of ether oxygens (including phenoxy) is 2. The Labute approximate surface area is 137 Å². The molecule has 128 valence electrons. The molecule has 0 unspecified atom stereocenters. The van der Waals surface area contributed by atoms with Crippen LogP contribution in [0.3, 0.4) is 0 Å². The molecule has 6 nitrogen and oxygen atoms in total. The van der Waals surface area contributed by atoms with E-state index in [0.717, 1.165) is 5.69 Å². The summed E-state index contributed by atoms with van der Waals surface area (Å²) in [5, 5.41) is 6.58.